The van der Waals surface area contributed by atoms with Gasteiger partial charge in [-0.05, 0) is 62.2 Å². The summed E-state index contributed by atoms with van der Waals surface area (Å²) in [5.41, 5.74) is 0.706. The molecular formula is C20H29ClN2O2S. The van der Waals surface area contributed by atoms with Gasteiger partial charge in [0.25, 0.3) is 0 Å². The summed E-state index contributed by atoms with van der Waals surface area (Å²) in [6.45, 7) is 3.77. The van der Waals surface area contributed by atoms with Gasteiger partial charge in [0, 0.05) is 24.2 Å². The molecule has 6 heteroatoms. The van der Waals surface area contributed by atoms with Crippen LogP contribution in [-0.2, 0) is 15.8 Å². The van der Waals surface area contributed by atoms with Crippen molar-refractivity contribution in [2.24, 2.45) is 11.8 Å². The Bertz CT molecular complexity index is 719. The van der Waals surface area contributed by atoms with Crippen molar-refractivity contribution >= 4 is 21.6 Å². The Kier molecular flexibility index (Phi) is 5.61. The predicted octanol–water partition coefficient (Wildman–Crippen LogP) is 3.76. The van der Waals surface area contributed by atoms with Crippen LogP contribution >= 0.6 is 11.6 Å². The Morgan fingerprint density at radius 3 is 2.27 bits per heavy atom. The molecule has 3 atom stereocenters. The van der Waals surface area contributed by atoms with Gasteiger partial charge in [0.05, 0.1) is 5.75 Å². The maximum atomic E-state index is 13.1. The van der Waals surface area contributed by atoms with Crippen LogP contribution in [0.15, 0.2) is 24.3 Å². The zero-order valence-corrected chi connectivity index (χ0v) is 16.9. The molecule has 3 fully saturated rings. The van der Waals surface area contributed by atoms with Gasteiger partial charge in [0.2, 0.25) is 10.0 Å². The van der Waals surface area contributed by atoms with Gasteiger partial charge in [-0.3, -0.25) is 4.90 Å². The Morgan fingerprint density at radius 2 is 1.62 bits per heavy atom. The first kappa shape index (κ1) is 18.7. The summed E-state index contributed by atoms with van der Waals surface area (Å²) in [6.07, 6.45) is 7.51. The average molecular weight is 397 g/mol. The van der Waals surface area contributed by atoms with Crippen molar-refractivity contribution in [2.45, 2.75) is 50.3 Å². The van der Waals surface area contributed by atoms with Crippen molar-refractivity contribution in [3.63, 3.8) is 0 Å². The van der Waals surface area contributed by atoms with Gasteiger partial charge < -0.3 is 0 Å². The first-order chi connectivity index (χ1) is 12.5. The highest BCUT2D eigenvalue weighted by Crippen LogP contribution is 2.40. The van der Waals surface area contributed by atoms with Crippen LogP contribution in [0, 0.1) is 11.8 Å². The fraction of sp³-hybridized carbons (Fsp3) is 0.700. The van der Waals surface area contributed by atoms with Crippen molar-refractivity contribution in [1.82, 2.24) is 9.21 Å². The zero-order chi connectivity index (χ0) is 18.1. The maximum Gasteiger partial charge on any atom is 0.218 e. The highest BCUT2D eigenvalue weighted by Gasteiger charge is 2.45. The molecular weight excluding hydrogens is 368 g/mol. The highest BCUT2D eigenvalue weighted by atomic mass is 35.5. The number of benzene rings is 1. The second-order valence-corrected chi connectivity index (χ2v) is 10.6. The molecule has 0 aromatic heterocycles. The molecule has 2 saturated heterocycles. The van der Waals surface area contributed by atoms with Crippen LogP contribution < -0.4 is 0 Å². The van der Waals surface area contributed by atoms with E-state index in [9.17, 15) is 8.42 Å². The van der Waals surface area contributed by atoms with Crippen molar-refractivity contribution in [1.29, 1.82) is 0 Å². The second-order valence-electron chi connectivity index (χ2n) is 8.20. The van der Waals surface area contributed by atoms with E-state index in [0.29, 0.717) is 41.6 Å². The molecule has 2 heterocycles. The van der Waals surface area contributed by atoms with E-state index in [1.165, 1.54) is 38.8 Å². The quantitative estimate of drug-likeness (QED) is 0.778. The number of rotatable bonds is 4. The topological polar surface area (TPSA) is 40.6 Å². The van der Waals surface area contributed by atoms with E-state index in [-0.39, 0.29) is 5.75 Å². The number of piperidine rings is 2. The fourth-order valence-corrected chi connectivity index (χ4v) is 7.25. The van der Waals surface area contributed by atoms with Gasteiger partial charge in [-0.2, -0.15) is 0 Å². The summed E-state index contributed by atoms with van der Waals surface area (Å²) in [7, 11) is -3.32. The molecule has 1 aromatic carbocycles. The van der Waals surface area contributed by atoms with Crippen LogP contribution in [0.4, 0.5) is 0 Å². The number of hydrogen-bond donors (Lipinski definition) is 0. The molecule has 4 nitrogen and oxygen atoms in total. The van der Waals surface area contributed by atoms with Gasteiger partial charge in [-0.25, -0.2) is 12.7 Å². The lowest BCUT2D eigenvalue weighted by Crippen LogP contribution is -2.60. The zero-order valence-electron chi connectivity index (χ0n) is 15.3. The van der Waals surface area contributed by atoms with E-state index in [4.69, 9.17) is 11.6 Å². The number of sulfonamides is 1. The number of hydrogen-bond acceptors (Lipinski definition) is 3. The SMILES string of the molecule is O=S(=O)(Cc1ccccc1Cl)N1C[C@H]2CCC[C@@H](C1)C2N1CCCCC1. The van der Waals surface area contributed by atoms with Crippen LogP contribution in [0.1, 0.15) is 44.1 Å². The third-order valence-electron chi connectivity index (χ3n) is 6.49. The number of likely N-dealkylation sites (tertiary alicyclic amines) is 1. The molecule has 3 aliphatic rings. The van der Waals surface area contributed by atoms with Gasteiger partial charge in [0.15, 0.2) is 0 Å². The number of nitrogens with zero attached hydrogens (tertiary/aromatic N) is 2. The molecule has 0 N–H and O–H groups in total. The molecule has 0 radical (unpaired) electrons. The van der Waals surface area contributed by atoms with Crippen LogP contribution in [0.25, 0.3) is 0 Å². The first-order valence-electron chi connectivity index (χ1n) is 10.00. The van der Waals surface area contributed by atoms with E-state index in [1.807, 2.05) is 18.2 Å². The van der Waals surface area contributed by atoms with Crippen molar-refractivity contribution < 1.29 is 8.42 Å². The molecule has 2 bridgehead atoms. The highest BCUT2D eigenvalue weighted by molar-refractivity contribution is 7.88. The van der Waals surface area contributed by atoms with E-state index in [1.54, 1.807) is 10.4 Å². The Hall–Kier alpha value is -0.620. The van der Waals surface area contributed by atoms with Gasteiger partial charge >= 0.3 is 0 Å². The molecule has 1 aromatic rings. The maximum absolute atomic E-state index is 13.1. The molecule has 144 valence electrons. The minimum absolute atomic E-state index is 0.0144. The summed E-state index contributed by atoms with van der Waals surface area (Å²) in [5, 5.41) is 0.541. The van der Waals surface area contributed by atoms with E-state index >= 15 is 0 Å². The monoisotopic (exact) mass is 396 g/mol. The largest absolute Gasteiger partial charge is 0.300 e. The van der Waals surface area contributed by atoms with Crippen LogP contribution in [0.5, 0.6) is 0 Å². The van der Waals surface area contributed by atoms with Crippen LogP contribution in [0.2, 0.25) is 5.02 Å². The predicted molar refractivity (Wildman–Crippen MR) is 106 cm³/mol. The molecule has 1 saturated carbocycles. The van der Waals surface area contributed by atoms with Crippen LogP contribution in [-0.4, -0.2) is 49.8 Å². The molecule has 2 aliphatic heterocycles. The van der Waals surface area contributed by atoms with Crippen molar-refractivity contribution in [3.8, 4) is 0 Å². The lowest BCUT2D eigenvalue weighted by atomic mass is 9.73. The molecule has 0 amide bonds. The lowest BCUT2D eigenvalue weighted by Gasteiger charge is -2.52. The molecule has 4 rings (SSSR count). The summed E-state index contributed by atoms with van der Waals surface area (Å²) in [4.78, 5) is 2.68. The van der Waals surface area contributed by atoms with E-state index in [2.05, 4.69) is 4.90 Å². The Balaban J connectivity index is 1.50. The normalized spacial score (nSPS) is 31.0. The standard InChI is InChI=1S/C20H29ClN2O2S/c21-19-10-3-2-7-18(19)15-26(24,25)23-13-16-8-6-9-17(14-23)20(16)22-11-4-1-5-12-22/h2-3,7,10,16-17,20H,1,4-6,8-9,11-15H2/t16-,17+,20?. The number of halogens is 1. The lowest BCUT2D eigenvalue weighted by molar-refractivity contribution is -0.00315. The van der Waals surface area contributed by atoms with Gasteiger partial charge in [-0.15, -0.1) is 0 Å². The van der Waals surface area contributed by atoms with Gasteiger partial charge in [-0.1, -0.05) is 42.6 Å². The summed E-state index contributed by atoms with van der Waals surface area (Å²) < 4.78 is 27.9. The Morgan fingerprint density at radius 1 is 0.962 bits per heavy atom. The third-order valence-corrected chi connectivity index (χ3v) is 8.62. The minimum atomic E-state index is -3.32. The molecule has 26 heavy (non-hydrogen) atoms. The average Bonchev–Trinajstić information content (AvgIpc) is 2.63. The van der Waals surface area contributed by atoms with Gasteiger partial charge in [0.1, 0.15) is 0 Å². The first-order valence-corrected chi connectivity index (χ1v) is 12.0. The summed E-state index contributed by atoms with van der Waals surface area (Å²) >= 11 is 6.20. The number of fused-ring (bicyclic) bond motifs is 2. The van der Waals surface area contributed by atoms with Crippen molar-refractivity contribution in [2.75, 3.05) is 26.2 Å². The van der Waals surface area contributed by atoms with Crippen LogP contribution in [0.3, 0.4) is 0 Å². The minimum Gasteiger partial charge on any atom is -0.300 e. The van der Waals surface area contributed by atoms with E-state index < -0.39 is 10.0 Å². The summed E-state index contributed by atoms with van der Waals surface area (Å²) in [5.74, 6) is 0.990. The molecule has 1 unspecified atom stereocenters. The molecule has 1 aliphatic carbocycles. The third kappa shape index (κ3) is 3.82. The summed E-state index contributed by atoms with van der Waals surface area (Å²) in [6, 6.07) is 7.88. The smallest absolute Gasteiger partial charge is 0.218 e. The Labute approximate surface area is 162 Å². The fourth-order valence-electron chi connectivity index (χ4n) is 5.31. The second kappa shape index (κ2) is 7.78. The molecule has 0 spiro atoms. The van der Waals surface area contributed by atoms with E-state index in [0.717, 1.165) is 12.8 Å². The van der Waals surface area contributed by atoms with Crippen molar-refractivity contribution in [3.05, 3.63) is 34.9 Å².